The highest BCUT2D eigenvalue weighted by atomic mass is 16.4. The number of carbonyl (C=O) groups excluding carboxylic acids is 1. The highest BCUT2D eigenvalue weighted by Crippen LogP contribution is 2.11. The Kier molecular flexibility index (Phi) is 3.91. The summed E-state index contributed by atoms with van der Waals surface area (Å²) in [5, 5.41) is 19.5. The maximum Gasteiger partial charge on any atom is 0.323 e. The van der Waals surface area contributed by atoms with Crippen LogP contribution < -0.4 is 5.32 Å². The fourth-order valence-corrected chi connectivity index (χ4v) is 1.71. The molecule has 2 heterocycles. The normalized spacial score (nSPS) is 14.7. The van der Waals surface area contributed by atoms with Gasteiger partial charge in [0.25, 0.3) is 5.91 Å². The third-order valence-corrected chi connectivity index (χ3v) is 2.83. The van der Waals surface area contributed by atoms with Gasteiger partial charge < -0.3 is 15.3 Å². The van der Waals surface area contributed by atoms with Crippen molar-refractivity contribution < 1.29 is 14.7 Å². The first kappa shape index (κ1) is 13.2. The summed E-state index contributed by atoms with van der Waals surface area (Å²) in [5.74, 6) is -1.54. The molecule has 2 N–H and O–H groups in total. The molecule has 1 aliphatic rings. The number of carboxylic acid groups (broad SMARTS) is 1. The number of nitrogens with one attached hydrogen (secondary N) is 1. The van der Waals surface area contributed by atoms with Crippen LogP contribution in [0, 0.1) is 0 Å². The van der Waals surface area contributed by atoms with Crippen molar-refractivity contribution in [2.75, 3.05) is 26.2 Å². The number of carbonyl (C=O) groups is 2. The lowest BCUT2D eigenvalue weighted by atomic mass is 10.2. The van der Waals surface area contributed by atoms with Crippen LogP contribution in [0.15, 0.2) is 18.9 Å². The quantitative estimate of drug-likeness (QED) is 0.649. The minimum Gasteiger partial charge on any atom is -0.480 e. The Labute approximate surface area is 109 Å². The number of hydrogen-bond acceptors (Lipinski definition) is 5. The van der Waals surface area contributed by atoms with E-state index in [0.717, 1.165) is 18.0 Å². The van der Waals surface area contributed by atoms with Gasteiger partial charge in [-0.3, -0.25) is 9.59 Å². The number of hydrogen-bond donors (Lipinski definition) is 2. The van der Waals surface area contributed by atoms with Gasteiger partial charge in [-0.15, -0.1) is 11.7 Å². The summed E-state index contributed by atoms with van der Waals surface area (Å²) >= 11 is 0. The predicted octanol–water partition coefficient (Wildman–Crippen LogP) is -0.865. The maximum atomic E-state index is 12.1. The van der Waals surface area contributed by atoms with Gasteiger partial charge >= 0.3 is 5.97 Å². The Morgan fingerprint density at radius 3 is 2.89 bits per heavy atom. The lowest BCUT2D eigenvalue weighted by Crippen LogP contribution is -2.43. The monoisotopic (exact) mass is 265 g/mol. The average molecular weight is 265 g/mol. The van der Waals surface area contributed by atoms with Crippen molar-refractivity contribution >= 4 is 11.9 Å². The van der Waals surface area contributed by atoms with Crippen molar-refractivity contribution in [1.82, 2.24) is 25.2 Å². The molecule has 8 nitrogen and oxygen atoms in total. The molecule has 102 valence electrons. The summed E-state index contributed by atoms with van der Waals surface area (Å²) in [5.41, 5.74) is 0.148. The van der Waals surface area contributed by atoms with Crippen LogP contribution in [0.1, 0.15) is 16.5 Å². The molecular formula is C11H15N5O3. The lowest BCUT2D eigenvalue weighted by Gasteiger charge is -2.26. The van der Waals surface area contributed by atoms with Crippen molar-refractivity contribution in [3.05, 3.63) is 24.5 Å². The van der Waals surface area contributed by atoms with Gasteiger partial charge in [0, 0.05) is 19.6 Å². The van der Waals surface area contributed by atoms with Gasteiger partial charge in [0.05, 0.1) is 12.2 Å². The fraction of sp³-hybridized carbons (Fsp3) is 0.455. The van der Waals surface area contributed by atoms with Crippen LogP contribution in [0.4, 0.5) is 0 Å². The molecule has 0 aliphatic carbocycles. The lowest BCUT2D eigenvalue weighted by molar-refractivity contribution is -0.137. The summed E-state index contributed by atoms with van der Waals surface area (Å²) in [4.78, 5) is 24.0. The molecule has 0 atom stereocenters. The first-order valence-electron chi connectivity index (χ1n) is 5.86. The predicted molar refractivity (Wildman–Crippen MR) is 65.7 cm³/mol. The van der Waals surface area contributed by atoms with E-state index in [2.05, 4.69) is 22.2 Å². The van der Waals surface area contributed by atoms with Gasteiger partial charge in [0.15, 0.2) is 5.69 Å². The minimum atomic E-state index is -1.08. The van der Waals surface area contributed by atoms with Crippen LogP contribution in [0.5, 0.6) is 0 Å². The second-order valence-corrected chi connectivity index (χ2v) is 4.26. The molecule has 1 saturated heterocycles. The summed E-state index contributed by atoms with van der Waals surface area (Å²) in [7, 11) is 0. The van der Waals surface area contributed by atoms with Gasteiger partial charge in [-0.1, -0.05) is 11.3 Å². The fourth-order valence-electron chi connectivity index (χ4n) is 1.71. The van der Waals surface area contributed by atoms with Crippen molar-refractivity contribution in [2.45, 2.75) is 6.04 Å². The van der Waals surface area contributed by atoms with Crippen molar-refractivity contribution in [3.8, 4) is 0 Å². The van der Waals surface area contributed by atoms with E-state index < -0.39 is 11.9 Å². The molecule has 1 aromatic rings. The van der Waals surface area contributed by atoms with E-state index in [0.29, 0.717) is 0 Å². The van der Waals surface area contributed by atoms with Crippen LogP contribution in [0.3, 0.4) is 0 Å². The molecule has 0 spiro atoms. The molecule has 8 heteroatoms. The number of nitrogens with zero attached hydrogens (tertiary/aromatic N) is 4. The van der Waals surface area contributed by atoms with Crippen LogP contribution >= 0.6 is 0 Å². The Morgan fingerprint density at radius 1 is 1.63 bits per heavy atom. The molecule has 0 unspecified atom stereocenters. The summed E-state index contributed by atoms with van der Waals surface area (Å²) < 4.78 is 1.62. The van der Waals surface area contributed by atoms with E-state index >= 15 is 0 Å². The highest BCUT2D eigenvalue weighted by Gasteiger charge is 2.24. The summed E-state index contributed by atoms with van der Waals surface area (Å²) in [6.45, 7) is 4.86. The molecule has 1 amide bonds. The SMILES string of the molecule is C=CCN(CC(=O)O)C(=O)c1cn(C2CNC2)nn1. The molecule has 0 saturated carbocycles. The van der Waals surface area contributed by atoms with Gasteiger partial charge in [0.1, 0.15) is 6.54 Å². The number of amides is 1. The third kappa shape index (κ3) is 2.97. The second kappa shape index (κ2) is 5.61. The summed E-state index contributed by atoms with van der Waals surface area (Å²) in [6, 6.07) is 0.210. The molecule has 1 aromatic heterocycles. The Morgan fingerprint density at radius 2 is 2.37 bits per heavy atom. The number of carboxylic acids is 1. The van der Waals surface area contributed by atoms with Crippen molar-refractivity contribution in [3.63, 3.8) is 0 Å². The van der Waals surface area contributed by atoms with E-state index in [4.69, 9.17) is 5.11 Å². The molecule has 1 aliphatic heterocycles. The molecule has 2 rings (SSSR count). The molecular weight excluding hydrogens is 250 g/mol. The second-order valence-electron chi connectivity index (χ2n) is 4.26. The topological polar surface area (TPSA) is 100 Å². The standard InChI is InChI=1S/C11H15N5O3/c1-2-3-15(7-10(17)18)11(19)9-6-16(14-13-9)8-4-12-5-8/h2,6,8,12H,1,3-5,7H2,(H,17,18). The highest BCUT2D eigenvalue weighted by molar-refractivity contribution is 5.93. The number of aromatic nitrogens is 3. The number of aliphatic carboxylic acids is 1. The van der Waals surface area contributed by atoms with E-state index in [-0.39, 0.29) is 24.8 Å². The van der Waals surface area contributed by atoms with Gasteiger partial charge in [-0.2, -0.15) is 0 Å². The molecule has 0 bridgehead atoms. The zero-order valence-electron chi connectivity index (χ0n) is 10.3. The Hall–Kier alpha value is -2.22. The molecule has 0 radical (unpaired) electrons. The summed E-state index contributed by atoms with van der Waals surface area (Å²) in [6.07, 6.45) is 3.02. The van der Waals surface area contributed by atoms with Crippen LogP contribution in [0.2, 0.25) is 0 Å². The van der Waals surface area contributed by atoms with Crippen LogP contribution in [0.25, 0.3) is 0 Å². The first-order chi connectivity index (χ1) is 9.11. The smallest absolute Gasteiger partial charge is 0.323 e. The third-order valence-electron chi connectivity index (χ3n) is 2.83. The van der Waals surface area contributed by atoms with Gasteiger partial charge in [0.2, 0.25) is 0 Å². The van der Waals surface area contributed by atoms with Crippen LogP contribution in [-0.2, 0) is 4.79 Å². The first-order valence-corrected chi connectivity index (χ1v) is 5.86. The average Bonchev–Trinajstić information content (AvgIpc) is 2.74. The zero-order valence-corrected chi connectivity index (χ0v) is 10.3. The molecule has 1 fully saturated rings. The minimum absolute atomic E-state index is 0.148. The van der Waals surface area contributed by atoms with E-state index in [9.17, 15) is 9.59 Å². The number of rotatable bonds is 6. The van der Waals surface area contributed by atoms with Gasteiger partial charge in [-0.25, -0.2) is 4.68 Å². The van der Waals surface area contributed by atoms with E-state index in [1.165, 1.54) is 6.08 Å². The zero-order chi connectivity index (χ0) is 13.8. The van der Waals surface area contributed by atoms with E-state index in [1.54, 1.807) is 10.9 Å². The van der Waals surface area contributed by atoms with Crippen LogP contribution in [-0.4, -0.2) is 63.1 Å². The largest absolute Gasteiger partial charge is 0.480 e. The molecule has 0 aromatic carbocycles. The van der Waals surface area contributed by atoms with Crippen molar-refractivity contribution in [2.24, 2.45) is 0 Å². The van der Waals surface area contributed by atoms with Gasteiger partial charge in [-0.05, 0) is 0 Å². The Bertz CT molecular complexity index is 494. The maximum absolute atomic E-state index is 12.1. The Balaban J connectivity index is 2.09. The van der Waals surface area contributed by atoms with Crippen molar-refractivity contribution in [1.29, 1.82) is 0 Å². The van der Waals surface area contributed by atoms with E-state index in [1.807, 2.05) is 0 Å². The molecule has 19 heavy (non-hydrogen) atoms.